The third kappa shape index (κ3) is 8.31. The molecule has 2 amide bonds. The number of hydrogen-bond donors (Lipinski definition) is 3. The largest absolute Gasteiger partial charge is 0.352 e. The van der Waals surface area contributed by atoms with Crippen LogP contribution in [0.3, 0.4) is 0 Å². The zero-order valence-corrected chi connectivity index (χ0v) is 15.8. The summed E-state index contributed by atoms with van der Waals surface area (Å²) >= 11 is 0. The molecule has 136 valence electrons. The molecule has 0 saturated carbocycles. The van der Waals surface area contributed by atoms with Crippen LogP contribution in [-0.2, 0) is 9.59 Å². The average molecular weight is 356 g/mol. The number of carbonyl (C=O) groups is 2. The molecular formula is C18H30ClN3O2. The van der Waals surface area contributed by atoms with Gasteiger partial charge in [0.25, 0.3) is 0 Å². The van der Waals surface area contributed by atoms with Crippen LogP contribution in [0.5, 0.6) is 0 Å². The molecule has 6 heteroatoms. The molecule has 1 aromatic carbocycles. The van der Waals surface area contributed by atoms with Gasteiger partial charge in [-0.3, -0.25) is 9.59 Å². The topological polar surface area (TPSA) is 84.2 Å². The predicted molar refractivity (Wildman–Crippen MR) is 100 cm³/mol. The highest BCUT2D eigenvalue weighted by molar-refractivity contribution is 5.85. The fourth-order valence-electron chi connectivity index (χ4n) is 2.55. The Morgan fingerprint density at radius 1 is 1.12 bits per heavy atom. The molecule has 0 aromatic heterocycles. The van der Waals surface area contributed by atoms with Crippen LogP contribution in [0.15, 0.2) is 24.3 Å². The summed E-state index contributed by atoms with van der Waals surface area (Å²) in [5.74, 6) is 0.216. The van der Waals surface area contributed by atoms with E-state index in [1.807, 2.05) is 31.2 Å². The second-order valence-electron chi connectivity index (χ2n) is 6.50. The van der Waals surface area contributed by atoms with Gasteiger partial charge in [0.2, 0.25) is 11.8 Å². The molecule has 24 heavy (non-hydrogen) atoms. The Morgan fingerprint density at radius 3 is 2.17 bits per heavy atom. The SMILES string of the molecule is CC(=O)NC(CC(=O)NC(CN)CC(C)C)c1ccc(C)cc1.Cl. The molecule has 0 fully saturated rings. The highest BCUT2D eigenvalue weighted by Crippen LogP contribution is 2.18. The molecule has 2 unspecified atom stereocenters. The van der Waals surface area contributed by atoms with E-state index in [0.717, 1.165) is 17.5 Å². The van der Waals surface area contributed by atoms with E-state index < -0.39 is 0 Å². The van der Waals surface area contributed by atoms with Gasteiger partial charge in [-0.1, -0.05) is 43.7 Å². The van der Waals surface area contributed by atoms with Crippen molar-refractivity contribution in [1.29, 1.82) is 0 Å². The molecular weight excluding hydrogens is 326 g/mol. The number of nitrogens with one attached hydrogen (secondary N) is 2. The zero-order valence-electron chi connectivity index (χ0n) is 15.0. The Labute approximate surface area is 151 Å². The summed E-state index contributed by atoms with van der Waals surface area (Å²) in [5, 5.41) is 5.82. The molecule has 0 heterocycles. The molecule has 0 aliphatic heterocycles. The highest BCUT2D eigenvalue weighted by Gasteiger charge is 2.19. The smallest absolute Gasteiger partial charge is 0.222 e. The van der Waals surface area contributed by atoms with Crippen LogP contribution in [-0.4, -0.2) is 24.4 Å². The summed E-state index contributed by atoms with van der Waals surface area (Å²) in [6.07, 6.45) is 1.05. The van der Waals surface area contributed by atoms with Crippen molar-refractivity contribution in [2.45, 2.75) is 52.6 Å². The number of amides is 2. The number of nitrogens with two attached hydrogens (primary N) is 1. The van der Waals surface area contributed by atoms with Crippen molar-refractivity contribution >= 4 is 24.2 Å². The van der Waals surface area contributed by atoms with Gasteiger partial charge >= 0.3 is 0 Å². The first kappa shape index (κ1) is 22.4. The fourth-order valence-corrected chi connectivity index (χ4v) is 2.55. The van der Waals surface area contributed by atoms with Crippen LogP contribution in [0.1, 0.15) is 50.8 Å². The van der Waals surface area contributed by atoms with Gasteiger partial charge in [-0.05, 0) is 24.8 Å². The van der Waals surface area contributed by atoms with Gasteiger partial charge in [-0.15, -0.1) is 12.4 Å². The van der Waals surface area contributed by atoms with Gasteiger partial charge in [-0.25, -0.2) is 0 Å². The predicted octanol–water partition coefficient (Wildman–Crippen LogP) is 2.47. The molecule has 0 saturated heterocycles. The molecule has 5 nitrogen and oxygen atoms in total. The molecule has 0 aliphatic carbocycles. The van der Waals surface area contributed by atoms with Crippen LogP contribution < -0.4 is 16.4 Å². The van der Waals surface area contributed by atoms with Gasteiger partial charge in [0.15, 0.2) is 0 Å². The first-order valence-electron chi connectivity index (χ1n) is 8.15. The molecule has 0 bridgehead atoms. The van der Waals surface area contributed by atoms with E-state index in [4.69, 9.17) is 5.73 Å². The van der Waals surface area contributed by atoms with E-state index in [0.29, 0.717) is 12.5 Å². The molecule has 1 aromatic rings. The quantitative estimate of drug-likeness (QED) is 0.669. The molecule has 0 aliphatic rings. The van der Waals surface area contributed by atoms with E-state index >= 15 is 0 Å². The standard InChI is InChI=1S/C18H29N3O2.ClH/c1-12(2)9-16(11-19)21-18(23)10-17(20-14(4)22)15-7-5-13(3)6-8-15;/h5-8,12,16-17H,9-11,19H2,1-4H3,(H,20,22)(H,21,23);1H. The van der Waals surface area contributed by atoms with E-state index in [2.05, 4.69) is 24.5 Å². The van der Waals surface area contributed by atoms with Crippen molar-refractivity contribution in [2.24, 2.45) is 11.7 Å². The maximum Gasteiger partial charge on any atom is 0.222 e. The van der Waals surface area contributed by atoms with Gasteiger partial charge in [0, 0.05) is 19.5 Å². The zero-order chi connectivity index (χ0) is 17.4. The summed E-state index contributed by atoms with van der Waals surface area (Å²) in [5.41, 5.74) is 7.79. The van der Waals surface area contributed by atoms with Crippen LogP contribution in [0.4, 0.5) is 0 Å². The lowest BCUT2D eigenvalue weighted by Crippen LogP contribution is -2.42. The van der Waals surface area contributed by atoms with Crippen molar-refractivity contribution in [3.63, 3.8) is 0 Å². The van der Waals surface area contributed by atoms with Gasteiger partial charge in [-0.2, -0.15) is 0 Å². The molecule has 0 spiro atoms. The van der Waals surface area contributed by atoms with Crippen molar-refractivity contribution < 1.29 is 9.59 Å². The number of halogens is 1. The summed E-state index contributed by atoms with van der Waals surface area (Å²) < 4.78 is 0. The minimum absolute atomic E-state index is 0. The van der Waals surface area contributed by atoms with Crippen molar-refractivity contribution in [3.8, 4) is 0 Å². The number of hydrogen-bond acceptors (Lipinski definition) is 3. The number of benzene rings is 1. The first-order valence-corrected chi connectivity index (χ1v) is 8.15. The van der Waals surface area contributed by atoms with Crippen LogP contribution in [0.2, 0.25) is 0 Å². The lowest BCUT2D eigenvalue weighted by Gasteiger charge is -2.22. The lowest BCUT2D eigenvalue weighted by atomic mass is 10.0. The van der Waals surface area contributed by atoms with Gasteiger partial charge < -0.3 is 16.4 Å². The number of rotatable bonds is 8. The summed E-state index contributed by atoms with van der Waals surface area (Å²) in [6.45, 7) is 8.07. The Kier molecular flexibility index (Phi) is 10.3. The van der Waals surface area contributed by atoms with E-state index in [-0.39, 0.29) is 42.7 Å². The molecule has 2 atom stereocenters. The normalized spacial score (nSPS) is 12.9. The van der Waals surface area contributed by atoms with E-state index in [1.54, 1.807) is 0 Å². The minimum Gasteiger partial charge on any atom is -0.352 e. The van der Waals surface area contributed by atoms with E-state index in [1.165, 1.54) is 6.92 Å². The third-order valence-electron chi connectivity index (χ3n) is 3.65. The minimum atomic E-state index is -0.328. The van der Waals surface area contributed by atoms with E-state index in [9.17, 15) is 9.59 Å². The first-order chi connectivity index (χ1) is 10.8. The second-order valence-corrected chi connectivity index (χ2v) is 6.50. The maximum absolute atomic E-state index is 12.3. The summed E-state index contributed by atoms with van der Waals surface area (Å²) in [7, 11) is 0. The van der Waals surface area contributed by atoms with Crippen LogP contribution >= 0.6 is 12.4 Å². The van der Waals surface area contributed by atoms with Crippen molar-refractivity contribution in [3.05, 3.63) is 35.4 Å². The third-order valence-corrected chi connectivity index (χ3v) is 3.65. The average Bonchev–Trinajstić information content (AvgIpc) is 2.45. The summed E-state index contributed by atoms with van der Waals surface area (Å²) in [6, 6.07) is 7.48. The Hall–Kier alpha value is -1.59. The number of aryl methyl sites for hydroxylation is 1. The highest BCUT2D eigenvalue weighted by atomic mass is 35.5. The van der Waals surface area contributed by atoms with Gasteiger partial charge in [0.1, 0.15) is 0 Å². The van der Waals surface area contributed by atoms with Crippen LogP contribution in [0, 0.1) is 12.8 Å². The van der Waals surface area contributed by atoms with Gasteiger partial charge in [0.05, 0.1) is 12.5 Å². The fraction of sp³-hybridized carbons (Fsp3) is 0.556. The Bertz CT molecular complexity index is 518. The number of carbonyl (C=O) groups excluding carboxylic acids is 2. The monoisotopic (exact) mass is 355 g/mol. The Morgan fingerprint density at radius 2 is 1.71 bits per heavy atom. The van der Waals surface area contributed by atoms with Crippen molar-refractivity contribution in [1.82, 2.24) is 10.6 Å². The van der Waals surface area contributed by atoms with Crippen LogP contribution in [0.25, 0.3) is 0 Å². The molecule has 4 N–H and O–H groups in total. The lowest BCUT2D eigenvalue weighted by molar-refractivity contribution is -0.123. The molecule has 1 rings (SSSR count). The maximum atomic E-state index is 12.3. The van der Waals surface area contributed by atoms with Crippen molar-refractivity contribution in [2.75, 3.05) is 6.54 Å². The summed E-state index contributed by atoms with van der Waals surface area (Å²) in [4.78, 5) is 23.7. The second kappa shape index (κ2) is 11.0. The Balaban J connectivity index is 0.00000529. The molecule has 0 radical (unpaired) electrons.